The van der Waals surface area contributed by atoms with E-state index in [1.54, 1.807) is 0 Å². The molecule has 0 aromatic carbocycles. The minimum atomic E-state index is 0.733. The highest BCUT2D eigenvalue weighted by Gasteiger charge is 2.20. The number of nitrogens with one attached hydrogen (secondary N) is 1. The fraction of sp³-hybridized carbons (Fsp3) is 1.00. The van der Waals surface area contributed by atoms with Gasteiger partial charge < -0.3 is 5.32 Å². The van der Waals surface area contributed by atoms with Crippen molar-refractivity contribution < 1.29 is 0 Å². The Hall–Kier alpha value is 0.270. The molecule has 1 heterocycles. The molecule has 0 aliphatic carbocycles. The van der Waals surface area contributed by atoms with Crippen LogP contribution in [-0.4, -0.2) is 42.2 Å². The van der Waals surface area contributed by atoms with Crippen LogP contribution in [0.5, 0.6) is 0 Å². The second-order valence-corrected chi connectivity index (χ2v) is 5.56. The van der Waals surface area contributed by atoms with Gasteiger partial charge in [0.1, 0.15) is 0 Å². The van der Waals surface area contributed by atoms with Crippen LogP contribution >= 0.6 is 11.8 Å². The Balaban J connectivity index is 2.30. The fourth-order valence-corrected chi connectivity index (χ4v) is 3.10. The first-order chi connectivity index (χ1) is 7.38. The smallest absolute Gasteiger partial charge is 0.0684 e. The Morgan fingerprint density at radius 1 is 1.20 bits per heavy atom. The quantitative estimate of drug-likeness (QED) is 0.723. The molecule has 0 aromatic rings. The summed E-state index contributed by atoms with van der Waals surface area (Å²) in [6.07, 6.45) is 5.32. The number of unbranched alkanes of at least 4 members (excludes halogenated alkanes) is 2. The second kappa shape index (κ2) is 8.43. The van der Waals surface area contributed by atoms with Gasteiger partial charge in [-0.15, -0.1) is 11.8 Å². The van der Waals surface area contributed by atoms with Crippen LogP contribution in [0.25, 0.3) is 0 Å². The van der Waals surface area contributed by atoms with Gasteiger partial charge in [-0.25, -0.2) is 0 Å². The minimum Gasteiger partial charge on any atom is -0.313 e. The van der Waals surface area contributed by atoms with Gasteiger partial charge in [0.05, 0.1) is 5.37 Å². The molecule has 0 spiro atoms. The van der Waals surface area contributed by atoms with Crippen LogP contribution in [0.4, 0.5) is 0 Å². The molecule has 1 saturated heterocycles. The summed E-state index contributed by atoms with van der Waals surface area (Å²) in [5.41, 5.74) is 0. The molecule has 1 aliphatic heterocycles. The van der Waals surface area contributed by atoms with E-state index < -0.39 is 0 Å². The molecule has 0 bridgehead atoms. The molecule has 1 atom stereocenters. The van der Waals surface area contributed by atoms with Gasteiger partial charge in [-0.1, -0.05) is 26.7 Å². The summed E-state index contributed by atoms with van der Waals surface area (Å²) in [4.78, 5) is 2.68. The maximum atomic E-state index is 3.51. The Bertz CT molecular complexity index is 139. The van der Waals surface area contributed by atoms with E-state index in [0.717, 1.165) is 5.37 Å². The van der Waals surface area contributed by atoms with Gasteiger partial charge in [-0.2, -0.15) is 0 Å². The molecular formula is C12H26N2S. The van der Waals surface area contributed by atoms with Gasteiger partial charge >= 0.3 is 0 Å². The molecule has 0 saturated carbocycles. The molecule has 0 radical (unpaired) electrons. The first-order valence-corrected chi connectivity index (χ1v) is 7.49. The first-order valence-electron chi connectivity index (χ1n) is 6.44. The number of hydrogen-bond acceptors (Lipinski definition) is 3. The summed E-state index contributed by atoms with van der Waals surface area (Å²) in [6, 6.07) is 0. The monoisotopic (exact) mass is 230 g/mol. The van der Waals surface area contributed by atoms with E-state index in [2.05, 4.69) is 35.8 Å². The van der Waals surface area contributed by atoms with Crippen LogP contribution < -0.4 is 5.32 Å². The molecular weight excluding hydrogens is 204 g/mol. The number of rotatable bonds is 7. The maximum absolute atomic E-state index is 3.51. The normalized spacial score (nSPS) is 22.2. The number of thioether (sulfide) groups is 1. The van der Waals surface area contributed by atoms with Crippen molar-refractivity contribution >= 4 is 11.8 Å². The Morgan fingerprint density at radius 2 is 1.87 bits per heavy atom. The standard InChI is InChI=1S/C12H26N2S/c1-3-5-8-14(9-6-4-2)12-11-13-7-10-15-12/h12-13H,3-11H2,1-2H3. The number of nitrogens with zero attached hydrogens (tertiary/aromatic N) is 1. The van der Waals surface area contributed by atoms with Crippen molar-refractivity contribution in [1.29, 1.82) is 0 Å². The molecule has 2 nitrogen and oxygen atoms in total. The summed E-state index contributed by atoms with van der Waals surface area (Å²) in [7, 11) is 0. The van der Waals surface area contributed by atoms with Crippen molar-refractivity contribution in [3.8, 4) is 0 Å². The third kappa shape index (κ3) is 5.23. The third-order valence-corrected chi connectivity index (χ3v) is 4.20. The molecule has 1 unspecified atom stereocenters. The van der Waals surface area contributed by atoms with Crippen molar-refractivity contribution in [2.75, 3.05) is 31.9 Å². The van der Waals surface area contributed by atoms with E-state index >= 15 is 0 Å². The zero-order valence-corrected chi connectivity index (χ0v) is 11.1. The molecule has 1 rings (SSSR count). The van der Waals surface area contributed by atoms with E-state index in [1.807, 2.05) is 0 Å². The third-order valence-electron chi connectivity index (χ3n) is 2.91. The van der Waals surface area contributed by atoms with Crippen LogP contribution in [0.3, 0.4) is 0 Å². The van der Waals surface area contributed by atoms with Crippen molar-refractivity contribution in [2.45, 2.75) is 44.9 Å². The van der Waals surface area contributed by atoms with Crippen molar-refractivity contribution in [2.24, 2.45) is 0 Å². The molecule has 1 fully saturated rings. The summed E-state index contributed by atoms with van der Waals surface area (Å²) in [5, 5.41) is 4.24. The van der Waals surface area contributed by atoms with Gasteiger partial charge in [0.2, 0.25) is 0 Å². The number of hydrogen-bond donors (Lipinski definition) is 1. The van der Waals surface area contributed by atoms with E-state index in [1.165, 1.54) is 57.6 Å². The lowest BCUT2D eigenvalue weighted by Gasteiger charge is -2.34. The van der Waals surface area contributed by atoms with Crippen LogP contribution in [0, 0.1) is 0 Å². The highest BCUT2D eigenvalue weighted by atomic mass is 32.2. The van der Waals surface area contributed by atoms with Gasteiger partial charge in [0.25, 0.3) is 0 Å². The Morgan fingerprint density at radius 3 is 2.33 bits per heavy atom. The van der Waals surface area contributed by atoms with E-state index in [9.17, 15) is 0 Å². The van der Waals surface area contributed by atoms with Crippen LogP contribution in [-0.2, 0) is 0 Å². The maximum Gasteiger partial charge on any atom is 0.0684 e. The molecule has 1 N–H and O–H groups in total. The van der Waals surface area contributed by atoms with Gasteiger partial charge in [0.15, 0.2) is 0 Å². The van der Waals surface area contributed by atoms with Crippen LogP contribution in [0.15, 0.2) is 0 Å². The van der Waals surface area contributed by atoms with Gasteiger partial charge in [-0.05, 0) is 25.9 Å². The molecule has 3 heteroatoms. The van der Waals surface area contributed by atoms with Crippen molar-refractivity contribution in [3.05, 3.63) is 0 Å². The fourth-order valence-electron chi connectivity index (χ4n) is 1.91. The minimum absolute atomic E-state index is 0.733. The van der Waals surface area contributed by atoms with Gasteiger partial charge in [0, 0.05) is 18.8 Å². The highest BCUT2D eigenvalue weighted by Crippen LogP contribution is 2.19. The van der Waals surface area contributed by atoms with E-state index in [-0.39, 0.29) is 0 Å². The molecule has 15 heavy (non-hydrogen) atoms. The Labute approximate surface area is 99.2 Å². The largest absolute Gasteiger partial charge is 0.313 e. The van der Waals surface area contributed by atoms with E-state index in [4.69, 9.17) is 0 Å². The first kappa shape index (κ1) is 13.3. The zero-order valence-electron chi connectivity index (χ0n) is 10.3. The van der Waals surface area contributed by atoms with Crippen LogP contribution in [0.2, 0.25) is 0 Å². The molecule has 1 aliphatic rings. The predicted molar refractivity (Wildman–Crippen MR) is 70.5 cm³/mol. The summed E-state index contributed by atoms with van der Waals surface area (Å²) >= 11 is 2.14. The lowest BCUT2D eigenvalue weighted by molar-refractivity contribution is 0.241. The predicted octanol–water partition coefficient (Wildman–Crippen LogP) is 2.55. The molecule has 90 valence electrons. The molecule has 0 aromatic heterocycles. The molecule has 0 amide bonds. The SMILES string of the molecule is CCCCN(CCCC)C1CNCCS1. The summed E-state index contributed by atoms with van der Waals surface area (Å²) in [6.45, 7) is 9.51. The van der Waals surface area contributed by atoms with E-state index in [0.29, 0.717) is 0 Å². The van der Waals surface area contributed by atoms with Gasteiger partial charge in [-0.3, -0.25) is 4.90 Å². The summed E-state index contributed by atoms with van der Waals surface area (Å²) < 4.78 is 0. The highest BCUT2D eigenvalue weighted by molar-refractivity contribution is 7.99. The van der Waals surface area contributed by atoms with Crippen molar-refractivity contribution in [1.82, 2.24) is 10.2 Å². The lowest BCUT2D eigenvalue weighted by Crippen LogP contribution is -2.45. The topological polar surface area (TPSA) is 15.3 Å². The van der Waals surface area contributed by atoms with Crippen molar-refractivity contribution in [3.63, 3.8) is 0 Å². The zero-order chi connectivity index (χ0) is 10.9. The average molecular weight is 230 g/mol. The summed E-state index contributed by atoms with van der Waals surface area (Å²) in [5.74, 6) is 1.28. The average Bonchev–Trinajstić information content (AvgIpc) is 2.30. The second-order valence-electron chi connectivity index (χ2n) is 4.27. The Kier molecular flexibility index (Phi) is 7.49. The lowest BCUT2D eigenvalue weighted by atomic mass is 10.2. The van der Waals surface area contributed by atoms with Crippen LogP contribution in [0.1, 0.15) is 39.5 Å².